The fourth-order valence-electron chi connectivity index (χ4n) is 4.83. The second kappa shape index (κ2) is 6.51. The van der Waals surface area contributed by atoms with Crippen molar-refractivity contribution < 1.29 is 18.8 Å². The minimum atomic E-state index is -0.472. The van der Waals surface area contributed by atoms with E-state index in [-0.39, 0.29) is 35.4 Å². The molecule has 3 fully saturated rings. The van der Waals surface area contributed by atoms with Crippen molar-refractivity contribution in [3.05, 3.63) is 24.0 Å². The van der Waals surface area contributed by atoms with E-state index in [4.69, 9.17) is 19.0 Å². The van der Waals surface area contributed by atoms with E-state index in [0.29, 0.717) is 0 Å². The first-order valence-electron chi connectivity index (χ1n) is 11.6. The van der Waals surface area contributed by atoms with Crippen molar-refractivity contribution >= 4 is 29.7 Å². The third-order valence-corrected chi connectivity index (χ3v) is 7.71. The van der Waals surface area contributed by atoms with Gasteiger partial charge in [-0.1, -0.05) is 6.07 Å². The van der Waals surface area contributed by atoms with Gasteiger partial charge in [-0.3, -0.25) is 0 Å². The summed E-state index contributed by atoms with van der Waals surface area (Å²) in [5.74, 6) is 0.977. The number of aromatic nitrogens is 2. The van der Waals surface area contributed by atoms with Gasteiger partial charge in [0, 0.05) is 6.42 Å². The monoisotopic (exact) mass is 439 g/mol. The minimum Gasteiger partial charge on any atom is -0.444 e. The summed E-state index contributed by atoms with van der Waals surface area (Å²) in [6.45, 7) is 13.9. The molecule has 2 aliphatic carbocycles. The zero-order valence-corrected chi connectivity index (χ0v) is 20.2. The second-order valence-electron chi connectivity index (χ2n) is 11.9. The maximum atomic E-state index is 12.1. The van der Waals surface area contributed by atoms with Crippen molar-refractivity contribution in [2.24, 2.45) is 5.41 Å². The smallest absolute Gasteiger partial charge is 0.444 e. The van der Waals surface area contributed by atoms with Gasteiger partial charge in [-0.25, -0.2) is 9.78 Å². The molecule has 1 aliphatic heterocycles. The van der Waals surface area contributed by atoms with Crippen LogP contribution in [0.5, 0.6) is 0 Å². The van der Waals surface area contributed by atoms with Crippen LogP contribution in [-0.2, 0) is 20.5 Å². The standard InChI is InChI=1S/C24H34BN3O4/c1-20(2,3)30-19(29)28-24-13-23(24,14-24)11-10-18-26-16-9-8-15(12-17(16)27-18)25-31-21(4,5)22(6,7)32-25/h8-9,12H,10-11,13-14H2,1-7H3,(H,26,27)(H,28,29). The predicted octanol–water partition coefficient (Wildman–Crippen LogP) is 3.85. The average molecular weight is 439 g/mol. The molecule has 8 heteroatoms. The first-order valence-corrected chi connectivity index (χ1v) is 11.6. The molecule has 7 nitrogen and oxygen atoms in total. The largest absolute Gasteiger partial charge is 0.494 e. The number of aryl methyl sites for hydroxylation is 1. The molecule has 0 atom stereocenters. The number of nitrogens with one attached hydrogen (secondary N) is 2. The van der Waals surface area contributed by atoms with Crippen LogP contribution in [0.25, 0.3) is 11.0 Å². The van der Waals surface area contributed by atoms with Gasteiger partial charge < -0.3 is 24.3 Å². The molecule has 1 aromatic heterocycles. The van der Waals surface area contributed by atoms with Crippen LogP contribution < -0.4 is 10.8 Å². The molecule has 1 amide bonds. The summed E-state index contributed by atoms with van der Waals surface area (Å²) in [6, 6.07) is 6.14. The van der Waals surface area contributed by atoms with Crippen molar-refractivity contribution in [3.8, 4) is 0 Å². The fourth-order valence-corrected chi connectivity index (χ4v) is 4.83. The second-order valence-corrected chi connectivity index (χ2v) is 11.9. The Morgan fingerprint density at radius 2 is 1.84 bits per heavy atom. The molecule has 2 aromatic rings. The molecule has 2 heterocycles. The SMILES string of the molecule is CC(C)(C)OC(=O)NC12CC1(CCc1nc3ccc(B4OC(C)(C)C(C)(C)O4)cc3[nH]1)C2. The third kappa shape index (κ3) is 3.61. The number of ether oxygens (including phenoxy) is 1. The van der Waals surface area contributed by atoms with Gasteiger partial charge in [0.25, 0.3) is 0 Å². The topological polar surface area (TPSA) is 85.5 Å². The number of rotatable bonds is 5. The molecule has 0 unspecified atom stereocenters. The van der Waals surface area contributed by atoms with Gasteiger partial charge in [-0.2, -0.15) is 0 Å². The Morgan fingerprint density at radius 1 is 1.19 bits per heavy atom. The van der Waals surface area contributed by atoms with Crippen LogP contribution in [0.1, 0.15) is 73.6 Å². The number of carbonyl (C=O) groups excluding carboxylic acids is 1. The number of alkyl carbamates (subject to hydrolysis) is 1. The van der Waals surface area contributed by atoms with E-state index in [1.54, 1.807) is 0 Å². The lowest BCUT2D eigenvalue weighted by Crippen LogP contribution is -2.41. The number of amides is 1. The fraction of sp³-hybridized carbons (Fsp3) is 0.667. The maximum absolute atomic E-state index is 12.1. The van der Waals surface area contributed by atoms with Gasteiger partial charge in [-0.05, 0) is 90.7 Å². The van der Waals surface area contributed by atoms with Crippen LogP contribution in [0, 0.1) is 5.41 Å². The van der Waals surface area contributed by atoms with E-state index in [0.717, 1.165) is 48.0 Å². The molecule has 1 saturated heterocycles. The van der Waals surface area contributed by atoms with E-state index in [1.165, 1.54) is 0 Å². The Balaban J connectivity index is 1.21. The van der Waals surface area contributed by atoms with E-state index in [1.807, 2.05) is 32.9 Å². The van der Waals surface area contributed by atoms with Crippen molar-refractivity contribution in [2.45, 2.75) is 96.5 Å². The Kier molecular flexibility index (Phi) is 4.43. The Bertz CT molecular complexity index is 1060. The first-order chi connectivity index (χ1) is 14.7. The zero-order chi connectivity index (χ0) is 23.2. The molecule has 2 N–H and O–H groups in total. The molecular weight excluding hydrogens is 405 g/mol. The van der Waals surface area contributed by atoms with Gasteiger partial charge in [0.1, 0.15) is 11.4 Å². The lowest BCUT2D eigenvalue weighted by atomic mass is 9.79. The van der Waals surface area contributed by atoms with Crippen molar-refractivity contribution in [2.75, 3.05) is 0 Å². The third-order valence-electron chi connectivity index (χ3n) is 7.71. The van der Waals surface area contributed by atoms with Crippen LogP contribution in [0.4, 0.5) is 4.79 Å². The highest BCUT2D eigenvalue weighted by molar-refractivity contribution is 6.62. The predicted molar refractivity (Wildman–Crippen MR) is 124 cm³/mol. The molecule has 0 spiro atoms. The van der Waals surface area contributed by atoms with E-state index >= 15 is 0 Å². The van der Waals surface area contributed by atoms with Gasteiger partial charge >= 0.3 is 13.2 Å². The van der Waals surface area contributed by atoms with Crippen molar-refractivity contribution in [1.82, 2.24) is 15.3 Å². The Hall–Kier alpha value is -2.06. The number of nitrogens with zero attached hydrogens (tertiary/aromatic N) is 1. The van der Waals surface area contributed by atoms with Crippen LogP contribution in [-0.4, -0.2) is 45.5 Å². The molecule has 1 aromatic carbocycles. The average Bonchev–Trinajstić information content (AvgIpc) is 3.28. The number of benzene rings is 1. The molecule has 172 valence electrons. The number of aromatic amines is 1. The molecule has 0 radical (unpaired) electrons. The number of hydrogen-bond donors (Lipinski definition) is 2. The Morgan fingerprint density at radius 3 is 2.47 bits per heavy atom. The lowest BCUT2D eigenvalue weighted by molar-refractivity contribution is 0.00578. The quantitative estimate of drug-likeness (QED) is 0.692. The molecule has 2 saturated carbocycles. The summed E-state index contributed by atoms with van der Waals surface area (Å²) in [4.78, 5) is 20.4. The number of hydrogen-bond acceptors (Lipinski definition) is 5. The van der Waals surface area contributed by atoms with Crippen LogP contribution in [0.3, 0.4) is 0 Å². The zero-order valence-electron chi connectivity index (χ0n) is 20.2. The lowest BCUT2D eigenvalue weighted by Gasteiger charge is -2.32. The number of carbonyl (C=O) groups is 1. The minimum absolute atomic E-state index is 0.0503. The van der Waals surface area contributed by atoms with Crippen LogP contribution in [0.2, 0.25) is 0 Å². The highest BCUT2D eigenvalue weighted by atomic mass is 16.7. The van der Waals surface area contributed by atoms with Crippen molar-refractivity contribution in [1.29, 1.82) is 0 Å². The van der Waals surface area contributed by atoms with Gasteiger partial charge in [-0.15, -0.1) is 0 Å². The highest BCUT2D eigenvalue weighted by Crippen LogP contribution is 2.80. The highest BCUT2D eigenvalue weighted by Gasteiger charge is 2.83. The van der Waals surface area contributed by atoms with Crippen molar-refractivity contribution in [3.63, 3.8) is 0 Å². The summed E-state index contributed by atoms with van der Waals surface area (Å²) in [5, 5.41) is 3.10. The summed E-state index contributed by atoms with van der Waals surface area (Å²) in [7, 11) is -0.382. The van der Waals surface area contributed by atoms with E-state index < -0.39 is 5.60 Å². The van der Waals surface area contributed by atoms with Gasteiger partial charge in [0.15, 0.2) is 0 Å². The van der Waals surface area contributed by atoms with E-state index in [9.17, 15) is 4.79 Å². The van der Waals surface area contributed by atoms with Gasteiger partial charge in [0.2, 0.25) is 0 Å². The molecule has 32 heavy (non-hydrogen) atoms. The first kappa shape index (κ1) is 21.8. The maximum Gasteiger partial charge on any atom is 0.494 e. The number of imidazole rings is 1. The van der Waals surface area contributed by atoms with Crippen LogP contribution in [0.15, 0.2) is 18.2 Å². The molecular formula is C24H34BN3O4. The molecule has 0 bridgehead atoms. The van der Waals surface area contributed by atoms with Gasteiger partial charge in [0.05, 0.1) is 27.8 Å². The van der Waals surface area contributed by atoms with Crippen LogP contribution >= 0.6 is 0 Å². The normalized spacial score (nSPS) is 29.7. The molecule has 5 rings (SSSR count). The Labute approximate surface area is 190 Å². The number of fused-ring (bicyclic) bond motifs is 2. The molecule has 3 aliphatic rings. The number of H-pyrrole nitrogens is 1. The summed E-state index contributed by atoms with van der Waals surface area (Å²) >= 11 is 0. The summed E-state index contributed by atoms with van der Waals surface area (Å²) < 4.78 is 17.8. The summed E-state index contributed by atoms with van der Waals surface area (Å²) in [6.07, 6.45) is 3.62. The van der Waals surface area contributed by atoms with E-state index in [2.05, 4.69) is 44.1 Å². The summed E-state index contributed by atoms with van der Waals surface area (Å²) in [5.41, 5.74) is 1.91.